The molecule has 4 heterocycles. The van der Waals surface area contributed by atoms with Crippen LogP contribution in [0.15, 0.2) is 29.6 Å². The summed E-state index contributed by atoms with van der Waals surface area (Å²) < 4.78 is 5.60. The first-order valence-electron chi connectivity index (χ1n) is 9.06. The van der Waals surface area contributed by atoms with Crippen molar-refractivity contribution >= 4 is 28.9 Å². The Morgan fingerprint density at radius 2 is 2.12 bits per heavy atom. The zero-order chi connectivity index (χ0) is 17.8. The number of anilines is 2. The fraction of sp³-hybridized carbons (Fsp3) is 0.500. The molecule has 1 N–H and O–H groups in total. The molecule has 2 aliphatic rings. The zero-order valence-electron chi connectivity index (χ0n) is 14.6. The average Bonchev–Trinajstić information content (AvgIpc) is 3.40. The summed E-state index contributed by atoms with van der Waals surface area (Å²) in [6.45, 7) is 4.59. The maximum atomic E-state index is 12.4. The van der Waals surface area contributed by atoms with Crippen molar-refractivity contribution in [2.75, 3.05) is 49.5 Å². The van der Waals surface area contributed by atoms with Gasteiger partial charge in [0, 0.05) is 39.3 Å². The number of amides is 1. The summed E-state index contributed by atoms with van der Waals surface area (Å²) in [6.07, 6.45) is 2.52. The number of hydrogen-bond donors (Lipinski definition) is 1. The quantitative estimate of drug-likeness (QED) is 0.865. The van der Waals surface area contributed by atoms with E-state index in [0.29, 0.717) is 13.1 Å². The van der Waals surface area contributed by atoms with Gasteiger partial charge in [0.05, 0.1) is 11.0 Å². The summed E-state index contributed by atoms with van der Waals surface area (Å²) in [4.78, 5) is 17.3. The van der Waals surface area contributed by atoms with E-state index >= 15 is 0 Å². The second-order valence-electron chi connectivity index (χ2n) is 6.55. The van der Waals surface area contributed by atoms with Gasteiger partial charge in [0.15, 0.2) is 5.82 Å². The topological polar surface area (TPSA) is 70.6 Å². The van der Waals surface area contributed by atoms with Crippen LogP contribution < -0.4 is 10.2 Å². The lowest BCUT2D eigenvalue weighted by atomic mass is 10.2. The van der Waals surface area contributed by atoms with Crippen LogP contribution in [0.1, 0.15) is 22.5 Å². The number of ether oxygens (including phenoxy) is 1. The number of aromatic nitrogens is 2. The van der Waals surface area contributed by atoms with Gasteiger partial charge in [-0.05, 0) is 36.4 Å². The van der Waals surface area contributed by atoms with Crippen LogP contribution in [0.2, 0.25) is 0 Å². The third-order valence-electron chi connectivity index (χ3n) is 4.81. The highest BCUT2D eigenvalue weighted by Crippen LogP contribution is 2.18. The summed E-state index contributed by atoms with van der Waals surface area (Å²) in [5, 5.41) is 13.8. The summed E-state index contributed by atoms with van der Waals surface area (Å²) in [7, 11) is 0. The highest BCUT2D eigenvalue weighted by atomic mass is 32.1. The monoisotopic (exact) mass is 373 g/mol. The molecule has 8 heteroatoms. The fourth-order valence-electron chi connectivity index (χ4n) is 3.31. The number of carbonyl (C=O) groups is 1. The number of piperazine rings is 1. The maximum Gasteiger partial charge on any atom is 0.264 e. The first-order chi connectivity index (χ1) is 12.8. The lowest BCUT2D eigenvalue weighted by Crippen LogP contribution is -2.49. The van der Waals surface area contributed by atoms with Crippen LogP contribution in [-0.2, 0) is 4.74 Å². The van der Waals surface area contributed by atoms with Crippen molar-refractivity contribution in [1.29, 1.82) is 0 Å². The SMILES string of the molecule is O=C(c1cccs1)N1CCN(c2ccc(NCC3CCCO3)nn2)CC1. The van der Waals surface area contributed by atoms with Crippen LogP contribution in [0.4, 0.5) is 11.6 Å². The zero-order valence-corrected chi connectivity index (χ0v) is 15.5. The maximum absolute atomic E-state index is 12.4. The number of rotatable bonds is 5. The van der Waals surface area contributed by atoms with Gasteiger partial charge in [0.1, 0.15) is 5.82 Å². The van der Waals surface area contributed by atoms with Gasteiger partial charge in [-0.1, -0.05) is 6.07 Å². The second kappa shape index (κ2) is 8.01. The van der Waals surface area contributed by atoms with E-state index in [-0.39, 0.29) is 12.0 Å². The number of hydrogen-bond acceptors (Lipinski definition) is 7. The summed E-state index contributed by atoms with van der Waals surface area (Å²) in [6, 6.07) is 7.74. The van der Waals surface area contributed by atoms with Crippen LogP contribution in [-0.4, -0.2) is 66.4 Å². The minimum atomic E-state index is 0.124. The molecule has 0 aliphatic carbocycles. The Morgan fingerprint density at radius 3 is 2.77 bits per heavy atom. The molecule has 1 amide bonds. The van der Waals surface area contributed by atoms with E-state index < -0.39 is 0 Å². The van der Waals surface area contributed by atoms with Gasteiger partial charge in [-0.15, -0.1) is 21.5 Å². The highest BCUT2D eigenvalue weighted by molar-refractivity contribution is 7.12. The Balaban J connectivity index is 1.28. The Bertz CT molecular complexity index is 708. The third-order valence-corrected chi connectivity index (χ3v) is 5.67. The van der Waals surface area contributed by atoms with E-state index in [2.05, 4.69) is 20.4 Å². The molecule has 0 spiro atoms. The molecule has 0 bridgehead atoms. The Hall–Kier alpha value is -2.19. The number of carbonyl (C=O) groups excluding carboxylic acids is 1. The molecule has 0 saturated carbocycles. The molecule has 2 aromatic rings. The lowest BCUT2D eigenvalue weighted by molar-refractivity contribution is 0.0751. The van der Waals surface area contributed by atoms with E-state index in [0.717, 1.165) is 55.6 Å². The minimum Gasteiger partial charge on any atom is -0.376 e. The van der Waals surface area contributed by atoms with Crippen molar-refractivity contribution in [2.45, 2.75) is 18.9 Å². The molecule has 1 unspecified atom stereocenters. The van der Waals surface area contributed by atoms with Crippen LogP contribution in [0.3, 0.4) is 0 Å². The molecule has 0 aromatic carbocycles. The number of nitrogens with zero attached hydrogens (tertiary/aromatic N) is 4. The van der Waals surface area contributed by atoms with Gasteiger partial charge in [0.2, 0.25) is 0 Å². The van der Waals surface area contributed by atoms with Crippen molar-refractivity contribution in [3.8, 4) is 0 Å². The van der Waals surface area contributed by atoms with Crippen molar-refractivity contribution in [3.05, 3.63) is 34.5 Å². The standard InChI is InChI=1S/C18H23N5O2S/c24-18(15-4-2-12-26-15)23-9-7-22(8-10-23)17-6-5-16(20-21-17)19-13-14-3-1-11-25-14/h2,4-6,12,14H,1,3,7-11,13H2,(H,19,20). The molecule has 7 nitrogen and oxygen atoms in total. The largest absolute Gasteiger partial charge is 0.376 e. The van der Waals surface area contributed by atoms with Gasteiger partial charge in [-0.2, -0.15) is 0 Å². The van der Waals surface area contributed by atoms with Gasteiger partial charge >= 0.3 is 0 Å². The van der Waals surface area contributed by atoms with Crippen molar-refractivity contribution in [2.24, 2.45) is 0 Å². The summed E-state index contributed by atoms with van der Waals surface area (Å²) in [5.74, 6) is 1.76. The van der Waals surface area contributed by atoms with Crippen LogP contribution >= 0.6 is 11.3 Å². The predicted octanol–water partition coefficient (Wildman–Crippen LogP) is 2.09. The van der Waals surface area contributed by atoms with E-state index in [9.17, 15) is 4.79 Å². The smallest absolute Gasteiger partial charge is 0.264 e. The molecule has 2 fully saturated rings. The van der Waals surface area contributed by atoms with Gasteiger partial charge < -0.3 is 19.9 Å². The molecular formula is C18H23N5O2S. The highest BCUT2D eigenvalue weighted by Gasteiger charge is 2.23. The molecule has 2 aliphatic heterocycles. The first kappa shape index (κ1) is 17.2. The van der Waals surface area contributed by atoms with E-state index in [1.807, 2.05) is 34.5 Å². The molecule has 26 heavy (non-hydrogen) atoms. The van der Waals surface area contributed by atoms with Gasteiger partial charge in [0.25, 0.3) is 5.91 Å². The molecule has 0 radical (unpaired) electrons. The number of nitrogens with one attached hydrogen (secondary N) is 1. The average molecular weight is 373 g/mol. The van der Waals surface area contributed by atoms with Crippen molar-refractivity contribution < 1.29 is 9.53 Å². The van der Waals surface area contributed by atoms with Gasteiger partial charge in [-0.25, -0.2) is 0 Å². The van der Waals surface area contributed by atoms with E-state index in [1.165, 1.54) is 11.3 Å². The number of thiophene rings is 1. The van der Waals surface area contributed by atoms with Crippen LogP contribution in [0.25, 0.3) is 0 Å². The van der Waals surface area contributed by atoms with E-state index in [1.54, 1.807) is 0 Å². The molecule has 1 atom stereocenters. The molecule has 138 valence electrons. The predicted molar refractivity (Wildman–Crippen MR) is 102 cm³/mol. The third kappa shape index (κ3) is 3.96. The summed E-state index contributed by atoms with van der Waals surface area (Å²) >= 11 is 1.49. The molecule has 2 aromatic heterocycles. The normalized spacial score (nSPS) is 20.4. The Morgan fingerprint density at radius 1 is 1.23 bits per heavy atom. The fourth-order valence-corrected chi connectivity index (χ4v) is 4.00. The first-order valence-corrected chi connectivity index (χ1v) is 9.94. The molecular weight excluding hydrogens is 350 g/mol. The molecule has 4 rings (SSSR count). The van der Waals surface area contributed by atoms with Crippen LogP contribution in [0.5, 0.6) is 0 Å². The Labute approximate surface area is 157 Å². The van der Waals surface area contributed by atoms with E-state index in [4.69, 9.17) is 4.74 Å². The van der Waals surface area contributed by atoms with Crippen molar-refractivity contribution in [3.63, 3.8) is 0 Å². The lowest BCUT2D eigenvalue weighted by Gasteiger charge is -2.35. The van der Waals surface area contributed by atoms with Gasteiger partial charge in [-0.3, -0.25) is 4.79 Å². The van der Waals surface area contributed by atoms with Crippen molar-refractivity contribution in [1.82, 2.24) is 15.1 Å². The Kier molecular flexibility index (Phi) is 5.31. The summed E-state index contributed by atoms with van der Waals surface area (Å²) in [5.41, 5.74) is 0. The minimum absolute atomic E-state index is 0.124. The second-order valence-corrected chi connectivity index (χ2v) is 7.50. The van der Waals surface area contributed by atoms with Crippen LogP contribution in [0, 0.1) is 0 Å². The molecule has 2 saturated heterocycles.